The highest BCUT2D eigenvalue weighted by atomic mass is 79.9. The summed E-state index contributed by atoms with van der Waals surface area (Å²) in [5.74, 6) is 0.986. The average Bonchev–Trinajstić information content (AvgIpc) is 2.29. The molecule has 1 heterocycles. The van der Waals surface area contributed by atoms with Crippen molar-refractivity contribution in [2.75, 3.05) is 7.11 Å². The normalized spacial score (nSPS) is 11.8. The van der Waals surface area contributed by atoms with E-state index in [1.165, 1.54) is 9.35 Å². The van der Waals surface area contributed by atoms with E-state index in [1.807, 2.05) is 5.38 Å². The second-order valence-corrected chi connectivity index (χ2v) is 5.90. The first-order valence-electron chi connectivity index (χ1n) is 3.78. The third-order valence-corrected chi connectivity index (χ3v) is 3.38. The van der Waals surface area contributed by atoms with Crippen LogP contribution in [0.1, 0.15) is 26.3 Å². The molecule has 1 rings (SSSR count). The van der Waals surface area contributed by atoms with Gasteiger partial charge in [0.25, 0.3) is 0 Å². The lowest BCUT2D eigenvalue weighted by Gasteiger charge is -2.19. The zero-order valence-corrected chi connectivity index (χ0v) is 10.2. The van der Waals surface area contributed by atoms with Crippen molar-refractivity contribution in [1.29, 1.82) is 0 Å². The van der Waals surface area contributed by atoms with Gasteiger partial charge in [-0.25, -0.2) is 0 Å². The SMILES string of the molecule is COc1csc(Br)c1C(C)(C)C. The van der Waals surface area contributed by atoms with Gasteiger partial charge in [-0.1, -0.05) is 20.8 Å². The van der Waals surface area contributed by atoms with Gasteiger partial charge >= 0.3 is 0 Å². The van der Waals surface area contributed by atoms with Gasteiger partial charge in [-0.3, -0.25) is 0 Å². The molecule has 0 aromatic carbocycles. The van der Waals surface area contributed by atoms with Crippen molar-refractivity contribution in [2.45, 2.75) is 26.2 Å². The zero-order valence-electron chi connectivity index (χ0n) is 7.77. The molecule has 0 radical (unpaired) electrons. The number of thiophene rings is 1. The van der Waals surface area contributed by atoms with E-state index in [2.05, 4.69) is 36.7 Å². The quantitative estimate of drug-likeness (QED) is 0.735. The van der Waals surface area contributed by atoms with Crippen LogP contribution in [-0.2, 0) is 5.41 Å². The lowest BCUT2D eigenvalue weighted by atomic mass is 9.89. The van der Waals surface area contributed by atoms with Crippen LogP contribution >= 0.6 is 27.3 Å². The number of halogens is 1. The molecule has 1 nitrogen and oxygen atoms in total. The fourth-order valence-corrected chi connectivity index (χ4v) is 3.15. The van der Waals surface area contributed by atoms with Crippen LogP contribution in [-0.4, -0.2) is 7.11 Å². The van der Waals surface area contributed by atoms with Crippen LogP contribution < -0.4 is 4.74 Å². The standard InChI is InChI=1S/C9H13BrOS/c1-9(2,3)7-6(11-4)5-12-8(7)10/h5H,1-4H3. The first kappa shape index (κ1) is 10.1. The van der Waals surface area contributed by atoms with Crippen LogP contribution in [0.15, 0.2) is 9.17 Å². The molecular weight excluding hydrogens is 236 g/mol. The Bertz CT molecular complexity index is 273. The summed E-state index contributed by atoms with van der Waals surface area (Å²) >= 11 is 5.21. The highest BCUT2D eigenvalue weighted by molar-refractivity contribution is 9.11. The molecule has 0 unspecified atom stereocenters. The molecule has 1 aromatic rings. The van der Waals surface area contributed by atoms with E-state index in [-0.39, 0.29) is 5.41 Å². The smallest absolute Gasteiger partial charge is 0.134 e. The van der Waals surface area contributed by atoms with Gasteiger partial charge in [0, 0.05) is 10.9 Å². The molecule has 0 amide bonds. The largest absolute Gasteiger partial charge is 0.496 e. The van der Waals surface area contributed by atoms with Gasteiger partial charge in [-0.2, -0.15) is 0 Å². The maximum Gasteiger partial charge on any atom is 0.134 e. The van der Waals surface area contributed by atoms with Crippen LogP contribution in [0.2, 0.25) is 0 Å². The van der Waals surface area contributed by atoms with Crippen LogP contribution in [0, 0.1) is 0 Å². The summed E-state index contributed by atoms with van der Waals surface area (Å²) in [4.78, 5) is 0. The molecule has 0 saturated carbocycles. The Morgan fingerprint density at radius 2 is 2.00 bits per heavy atom. The summed E-state index contributed by atoms with van der Waals surface area (Å²) in [7, 11) is 1.71. The monoisotopic (exact) mass is 248 g/mol. The lowest BCUT2D eigenvalue weighted by molar-refractivity contribution is 0.400. The number of ether oxygens (including phenoxy) is 1. The number of rotatable bonds is 1. The molecule has 0 fully saturated rings. The van der Waals surface area contributed by atoms with Gasteiger partial charge < -0.3 is 4.74 Å². The lowest BCUT2D eigenvalue weighted by Crippen LogP contribution is -2.11. The van der Waals surface area contributed by atoms with Crippen molar-refractivity contribution >= 4 is 27.3 Å². The molecule has 0 saturated heterocycles. The van der Waals surface area contributed by atoms with E-state index >= 15 is 0 Å². The van der Waals surface area contributed by atoms with Gasteiger partial charge in [0.05, 0.1) is 10.9 Å². The van der Waals surface area contributed by atoms with Crippen LogP contribution in [0.4, 0.5) is 0 Å². The molecule has 12 heavy (non-hydrogen) atoms. The van der Waals surface area contributed by atoms with Crippen molar-refractivity contribution in [2.24, 2.45) is 0 Å². The number of methoxy groups -OCH3 is 1. The Labute approximate surface area is 85.9 Å². The molecule has 3 heteroatoms. The van der Waals surface area contributed by atoms with Gasteiger partial charge in [-0.05, 0) is 21.3 Å². The van der Waals surface area contributed by atoms with Gasteiger partial charge in [0.1, 0.15) is 5.75 Å². The van der Waals surface area contributed by atoms with E-state index in [4.69, 9.17) is 4.74 Å². The van der Waals surface area contributed by atoms with Crippen molar-refractivity contribution in [3.8, 4) is 5.75 Å². The Hall–Kier alpha value is -0.0200. The highest BCUT2D eigenvalue weighted by Crippen LogP contribution is 2.41. The summed E-state index contributed by atoms with van der Waals surface area (Å²) in [5.41, 5.74) is 1.40. The predicted octanol–water partition coefficient (Wildman–Crippen LogP) is 3.82. The molecule has 0 bridgehead atoms. The first-order chi connectivity index (χ1) is 5.46. The third kappa shape index (κ3) is 1.83. The average molecular weight is 249 g/mol. The minimum atomic E-state index is 0.143. The van der Waals surface area contributed by atoms with Crippen LogP contribution in [0.25, 0.3) is 0 Å². The molecule has 0 aliphatic carbocycles. The van der Waals surface area contributed by atoms with Gasteiger partial charge in [-0.15, -0.1) is 11.3 Å². The minimum Gasteiger partial charge on any atom is -0.496 e. The fraction of sp³-hybridized carbons (Fsp3) is 0.556. The maximum atomic E-state index is 5.27. The Kier molecular flexibility index (Phi) is 2.84. The fourth-order valence-electron chi connectivity index (χ4n) is 1.13. The van der Waals surface area contributed by atoms with Crippen molar-refractivity contribution in [3.05, 3.63) is 14.7 Å². The van der Waals surface area contributed by atoms with E-state index in [0.29, 0.717) is 0 Å². The summed E-state index contributed by atoms with van der Waals surface area (Å²) in [6.07, 6.45) is 0. The second-order valence-electron chi connectivity index (χ2n) is 3.70. The summed E-state index contributed by atoms with van der Waals surface area (Å²) in [6, 6.07) is 0. The maximum absolute atomic E-state index is 5.27. The Balaban J connectivity index is 3.19. The molecular formula is C9H13BrOS. The topological polar surface area (TPSA) is 9.23 Å². The molecule has 0 aliphatic heterocycles. The highest BCUT2D eigenvalue weighted by Gasteiger charge is 2.23. The molecule has 0 atom stereocenters. The van der Waals surface area contributed by atoms with E-state index in [9.17, 15) is 0 Å². The molecule has 0 spiro atoms. The van der Waals surface area contributed by atoms with Crippen molar-refractivity contribution < 1.29 is 4.74 Å². The summed E-state index contributed by atoms with van der Waals surface area (Å²) in [6.45, 7) is 6.55. The van der Waals surface area contributed by atoms with Crippen molar-refractivity contribution in [3.63, 3.8) is 0 Å². The summed E-state index contributed by atoms with van der Waals surface area (Å²) < 4.78 is 6.45. The Morgan fingerprint density at radius 1 is 1.42 bits per heavy atom. The number of hydrogen-bond donors (Lipinski definition) is 0. The van der Waals surface area contributed by atoms with Crippen LogP contribution in [0.5, 0.6) is 5.75 Å². The summed E-state index contributed by atoms with van der Waals surface area (Å²) in [5, 5.41) is 2.03. The second kappa shape index (κ2) is 3.38. The van der Waals surface area contributed by atoms with E-state index in [0.717, 1.165) is 5.75 Å². The Morgan fingerprint density at radius 3 is 2.33 bits per heavy atom. The molecule has 0 aliphatic rings. The third-order valence-electron chi connectivity index (χ3n) is 1.68. The van der Waals surface area contributed by atoms with Gasteiger partial charge in [0.15, 0.2) is 0 Å². The zero-order chi connectivity index (χ0) is 9.35. The first-order valence-corrected chi connectivity index (χ1v) is 5.45. The molecule has 1 aromatic heterocycles. The van der Waals surface area contributed by atoms with E-state index < -0.39 is 0 Å². The van der Waals surface area contributed by atoms with Crippen LogP contribution in [0.3, 0.4) is 0 Å². The van der Waals surface area contributed by atoms with E-state index in [1.54, 1.807) is 18.4 Å². The van der Waals surface area contributed by atoms with Crippen molar-refractivity contribution in [1.82, 2.24) is 0 Å². The predicted molar refractivity (Wildman–Crippen MR) is 57.3 cm³/mol. The number of hydrogen-bond acceptors (Lipinski definition) is 2. The molecule has 0 N–H and O–H groups in total. The van der Waals surface area contributed by atoms with Gasteiger partial charge in [0.2, 0.25) is 0 Å². The molecule has 68 valence electrons. The minimum absolute atomic E-state index is 0.143.